The molecule has 7 heteroatoms. The first-order valence-corrected chi connectivity index (χ1v) is 5.33. The smallest absolute Gasteiger partial charge is 0.222 e. The number of rotatable bonds is 4. The molecule has 1 unspecified atom stereocenters. The highest BCUT2D eigenvalue weighted by molar-refractivity contribution is 5.79. The zero-order valence-corrected chi connectivity index (χ0v) is 9.56. The summed E-state index contributed by atoms with van der Waals surface area (Å²) in [7, 11) is 1.57. The van der Waals surface area contributed by atoms with E-state index in [1.807, 2.05) is 0 Å². The van der Waals surface area contributed by atoms with Crippen LogP contribution in [0, 0.1) is 0 Å². The Bertz CT molecular complexity index is 423. The van der Waals surface area contributed by atoms with Crippen LogP contribution in [0.1, 0.15) is 12.2 Å². The largest absolute Gasteiger partial charge is 0.384 e. The molecule has 0 saturated carbocycles. The van der Waals surface area contributed by atoms with Crippen molar-refractivity contribution in [3.63, 3.8) is 0 Å². The fraction of sp³-hybridized carbons (Fsp3) is 0.500. The lowest BCUT2D eigenvalue weighted by Crippen LogP contribution is -2.23. The van der Waals surface area contributed by atoms with Crippen LogP contribution in [0.4, 0.5) is 11.6 Å². The summed E-state index contributed by atoms with van der Waals surface area (Å²) >= 11 is 0. The Labute approximate surface area is 98.8 Å². The van der Waals surface area contributed by atoms with E-state index < -0.39 is 0 Å². The van der Waals surface area contributed by atoms with Crippen LogP contribution in [0.5, 0.6) is 0 Å². The number of carbonyl (C=O) groups is 1. The fourth-order valence-corrected chi connectivity index (χ4v) is 1.70. The molecule has 2 rings (SSSR count). The van der Waals surface area contributed by atoms with Gasteiger partial charge in [-0.1, -0.05) is 0 Å². The highest BCUT2D eigenvalue weighted by Gasteiger charge is 2.21. The summed E-state index contributed by atoms with van der Waals surface area (Å²) in [5.41, 5.74) is 5.66. The molecule has 4 N–H and O–H groups in total. The number of methoxy groups -OCH3 is 1. The molecule has 1 aromatic rings. The topological polar surface area (TPSA) is 102 Å². The van der Waals surface area contributed by atoms with Crippen molar-refractivity contribution in [3.05, 3.63) is 11.9 Å². The van der Waals surface area contributed by atoms with Crippen molar-refractivity contribution in [1.29, 1.82) is 0 Å². The summed E-state index contributed by atoms with van der Waals surface area (Å²) in [4.78, 5) is 19.3. The van der Waals surface area contributed by atoms with Crippen molar-refractivity contribution in [3.8, 4) is 0 Å². The maximum Gasteiger partial charge on any atom is 0.222 e. The normalized spacial score (nSPS) is 19.1. The number of ether oxygens (including phenoxy) is 1. The number of hydrogen-bond acceptors (Lipinski definition) is 6. The number of anilines is 2. The summed E-state index contributed by atoms with van der Waals surface area (Å²) in [5, 5.41) is 5.88. The molecule has 1 amide bonds. The molecule has 1 aliphatic heterocycles. The van der Waals surface area contributed by atoms with E-state index in [0.29, 0.717) is 37.0 Å². The third kappa shape index (κ3) is 3.04. The van der Waals surface area contributed by atoms with Crippen LogP contribution in [0.25, 0.3) is 0 Å². The molecule has 0 bridgehead atoms. The van der Waals surface area contributed by atoms with Gasteiger partial charge in [0.1, 0.15) is 18.2 Å². The van der Waals surface area contributed by atoms with E-state index in [9.17, 15) is 4.79 Å². The van der Waals surface area contributed by atoms with Crippen molar-refractivity contribution >= 4 is 17.5 Å². The van der Waals surface area contributed by atoms with Crippen LogP contribution in [0.2, 0.25) is 0 Å². The Hall–Kier alpha value is -1.89. The number of nitrogen functional groups attached to an aromatic ring is 1. The third-order valence-electron chi connectivity index (χ3n) is 2.40. The van der Waals surface area contributed by atoms with E-state index in [0.717, 1.165) is 0 Å². The number of nitrogens with zero attached hydrogens (tertiary/aromatic N) is 2. The molecule has 7 nitrogen and oxygen atoms in total. The Morgan fingerprint density at radius 3 is 3.12 bits per heavy atom. The van der Waals surface area contributed by atoms with E-state index in [-0.39, 0.29) is 11.9 Å². The summed E-state index contributed by atoms with van der Waals surface area (Å²) in [6.07, 6.45) is 0.448. The summed E-state index contributed by atoms with van der Waals surface area (Å²) < 4.78 is 4.95. The first kappa shape index (κ1) is 11.6. The SMILES string of the molecule is COCc1nc(N)cc(NC2CNC(=O)C2)n1. The van der Waals surface area contributed by atoms with Crippen LogP contribution >= 0.6 is 0 Å². The standard InChI is InChI=1S/C10H15N5O2/c1-17-5-9-14-7(11)3-8(15-9)13-6-2-10(16)12-4-6/h3,6H,2,4-5H2,1H3,(H,12,16)(H3,11,13,14,15). The minimum atomic E-state index is 0.0432. The lowest BCUT2D eigenvalue weighted by atomic mass is 10.2. The summed E-state index contributed by atoms with van der Waals surface area (Å²) in [6, 6.07) is 1.69. The van der Waals surface area contributed by atoms with Crippen molar-refractivity contribution in [2.75, 3.05) is 24.7 Å². The van der Waals surface area contributed by atoms with Gasteiger partial charge >= 0.3 is 0 Å². The van der Waals surface area contributed by atoms with Crippen LogP contribution in [0.3, 0.4) is 0 Å². The second-order valence-corrected chi connectivity index (χ2v) is 3.88. The molecule has 0 spiro atoms. The molecule has 17 heavy (non-hydrogen) atoms. The Morgan fingerprint density at radius 2 is 2.47 bits per heavy atom. The van der Waals surface area contributed by atoms with Crippen LogP contribution in [-0.4, -0.2) is 35.6 Å². The first-order chi connectivity index (χ1) is 8.17. The van der Waals surface area contributed by atoms with Gasteiger partial charge < -0.3 is 21.1 Å². The predicted molar refractivity (Wildman–Crippen MR) is 62.2 cm³/mol. The van der Waals surface area contributed by atoms with Gasteiger partial charge in [-0.15, -0.1) is 0 Å². The highest BCUT2D eigenvalue weighted by Crippen LogP contribution is 2.12. The minimum absolute atomic E-state index is 0.0432. The van der Waals surface area contributed by atoms with Crippen molar-refractivity contribution in [2.24, 2.45) is 0 Å². The van der Waals surface area contributed by atoms with Crippen molar-refractivity contribution in [1.82, 2.24) is 15.3 Å². The van der Waals surface area contributed by atoms with Crippen LogP contribution < -0.4 is 16.4 Å². The van der Waals surface area contributed by atoms with E-state index in [4.69, 9.17) is 10.5 Å². The zero-order valence-electron chi connectivity index (χ0n) is 9.56. The number of carbonyl (C=O) groups excluding carboxylic acids is 1. The van der Waals surface area contributed by atoms with Gasteiger partial charge in [-0.3, -0.25) is 4.79 Å². The number of hydrogen-bond donors (Lipinski definition) is 3. The van der Waals surface area contributed by atoms with Crippen LogP contribution in [-0.2, 0) is 16.1 Å². The maximum absolute atomic E-state index is 11.1. The Kier molecular flexibility index (Phi) is 3.38. The molecule has 0 aromatic carbocycles. The van der Waals surface area contributed by atoms with Gasteiger partial charge in [0.25, 0.3) is 0 Å². The molecular formula is C10H15N5O2. The number of aromatic nitrogens is 2. The van der Waals surface area contributed by atoms with Gasteiger partial charge in [-0.05, 0) is 0 Å². The van der Waals surface area contributed by atoms with E-state index in [1.54, 1.807) is 13.2 Å². The average molecular weight is 237 g/mol. The predicted octanol–water partition coefficient (Wildman–Crippen LogP) is -0.494. The molecule has 0 aliphatic carbocycles. The molecule has 1 fully saturated rings. The highest BCUT2D eigenvalue weighted by atomic mass is 16.5. The lowest BCUT2D eigenvalue weighted by molar-refractivity contribution is -0.119. The van der Waals surface area contributed by atoms with Gasteiger partial charge in [0.05, 0.1) is 6.04 Å². The summed E-state index contributed by atoms with van der Waals surface area (Å²) in [5.74, 6) is 1.56. The molecule has 1 atom stereocenters. The average Bonchev–Trinajstić information content (AvgIpc) is 2.63. The fourth-order valence-electron chi connectivity index (χ4n) is 1.70. The number of amides is 1. The first-order valence-electron chi connectivity index (χ1n) is 5.33. The molecular weight excluding hydrogens is 222 g/mol. The molecule has 2 heterocycles. The van der Waals surface area contributed by atoms with Gasteiger partial charge in [-0.2, -0.15) is 0 Å². The lowest BCUT2D eigenvalue weighted by Gasteiger charge is -2.12. The van der Waals surface area contributed by atoms with Crippen molar-refractivity contribution in [2.45, 2.75) is 19.1 Å². The second kappa shape index (κ2) is 4.96. The molecule has 1 aromatic heterocycles. The minimum Gasteiger partial charge on any atom is -0.384 e. The second-order valence-electron chi connectivity index (χ2n) is 3.88. The molecule has 92 valence electrons. The Balaban J connectivity index is 2.07. The van der Waals surface area contributed by atoms with Gasteiger partial charge in [-0.25, -0.2) is 9.97 Å². The maximum atomic E-state index is 11.1. The van der Waals surface area contributed by atoms with Crippen LogP contribution in [0.15, 0.2) is 6.07 Å². The number of nitrogens with two attached hydrogens (primary N) is 1. The zero-order chi connectivity index (χ0) is 12.3. The van der Waals surface area contributed by atoms with E-state index in [2.05, 4.69) is 20.6 Å². The monoisotopic (exact) mass is 237 g/mol. The van der Waals surface area contributed by atoms with Crippen molar-refractivity contribution < 1.29 is 9.53 Å². The van der Waals surface area contributed by atoms with E-state index >= 15 is 0 Å². The molecule has 1 saturated heterocycles. The van der Waals surface area contributed by atoms with E-state index in [1.165, 1.54) is 0 Å². The van der Waals surface area contributed by atoms with Gasteiger partial charge in [0.2, 0.25) is 5.91 Å². The summed E-state index contributed by atoms with van der Waals surface area (Å²) in [6.45, 7) is 0.907. The van der Waals surface area contributed by atoms with Gasteiger partial charge in [0, 0.05) is 26.1 Å². The molecule has 1 aliphatic rings. The Morgan fingerprint density at radius 1 is 1.65 bits per heavy atom. The number of nitrogens with one attached hydrogen (secondary N) is 2. The van der Waals surface area contributed by atoms with Gasteiger partial charge in [0.15, 0.2) is 5.82 Å². The third-order valence-corrected chi connectivity index (χ3v) is 2.40. The molecule has 0 radical (unpaired) electrons. The quantitative estimate of drug-likeness (QED) is 0.652.